The molecule has 31 heavy (non-hydrogen) atoms. The average molecular weight is 452 g/mol. The predicted octanol–water partition coefficient (Wildman–Crippen LogP) is 3.50. The zero-order valence-electron chi connectivity index (χ0n) is 18.5. The third-order valence-electron chi connectivity index (χ3n) is 5.14. The lowest BCUT2D eigenvalue weighted by Crippen LogP contribution is -2.47. The van der Waals surface area contributed by atoms with Crippen LogP contribution in [0.3, 0.4) is 0 Å². The van der Waals surface area contributed by atoms with Crippen molar-refractivity contribution in [1.82, 2.24) is 9.88 Å². The van der Waals surface area contributed by atoms with Gasteiger partial charge >= 0.3 is 0 Å². The number of benzene rings is 1. The van der Waals surface area contributed by atoms with E-state index >= 15 is 0 Å². The van der Waals surface area contributed by atoms with Gasteiger partial charge in [0.25, 0.3) is 5.91 Å². The fourth-order valence-corrected chi connectivity index (χ4v) is 3.50. The van der Waals surface area contributed by atoms with E-state index in [0.29, 0.717) is 17.1 Å². The summed E-state index contributed by atoms with van der Waals surface area (Å²) in [4.78, 5) is 23.1. The Morgan fingerprint density at radius 1 is 1.16 bits per heavy atom. The Morgan fingerprint density at radius 3 is 2.45 bits per heavy atom. The second-order valence-electron chi connectivity index (χ2n) is 7.48. The standard InChI is InChI=1S/C22H30FN5O2.ClH/c1-5-10-24-21-17(22(29)26(2)3)7-9-20(25-21)28-13-11-27(12-14-28)18-15-16(23)6-8-19(18)30-4;/h6-9,15H,5,10-14H2,1-4H3,(H,24,25);1H. The van der Waals surface area contributed by atoms with Gasteiger partial charge in [0.1, 0.15) is 23.2 Å². The zero-order chi connectivity index (χ0) is 21.7. The number of carbonyl (C=O) groups excluding carboxylic acids is 1. The van der Waals surface area contributed by atoms with E-state index in [0.717, 1.165) is 50.6 Å². The number of halogens is 2. The second kappa shape index (κ2) is 11.0. The third-order valence-corrected chi connectivity index (χ3v) is 5.14. The fraction of sp³-hybridized carbons (Fsp3) is 0.455. The van der Waals surface area contributed by atoms with Crippen LogP contribution in [0, 0.1) is 5.82 Å². The van der Waals surface area contributed by atoms with E-state index in [-0.39, 0.29) is 24.1 Å². The molecule has 3 rings (SSSR count). The molecular formula is C22H31ClFN5O2. The molecule has 1 aliphatic rings. The van der Waals surface area contributed by atoms with E-state index in [1.807, 2.05) is 12.1 Å². The highest BCUT2D eigenvalue weighted by Crippen LogP contribution is 2.30. The Bertz CT molecular complexity index is 888. The monoisotopic (exact) mass is 451 g/mol. The Hall–Kier alpha value is -2.74. The van der Waals surface area contributed by atoms with Crippen molar-refractivity contribution in [2.75, 3.05) is 69.0 Å². The summed E-state index contributed by atoms with van der Waals surface area (Å²) in [5.74, 6) is 1.76. The van der Waals surface area contributed by atoms with Crippen molar-refractivity contribution in [3.8, 4) is 5.75 Å². The number of aromatic nitrogens is 1. The lowest BCUT2D eigenvalue weighted by atomic mass is 10.2. The summed E-state index contributed by atoms with van der Waals surface area (Å²) >= 11 is 0. The van der Waals surface area contributed by atoms with Gasteiger partial charge in [0, 0.05) is 52.9 Å². The molecule has 170 valence electrons. The second-order valence-corrected chi connectivity index (χ2v) is 7.48. The number of hydrogen-bond donors (Lipinski definition) is 1. The molecule has 1 aliphatic heterocycles. The minimum Gasteiger partial charge on any atom is -0.495 e. The van der Waals surface area contributed by atoms with Gasteiger partial charge in [-0.1, -0.05) is 6.92 Å². The first kappa shape index (κ1) is 24.5. The Labute approximate surface area is 189 Å². The van der Waals surface area contributed by atoms with Crippen LogP contribution in [-0.2, 0) is 0 Å². The van der Waals surface area contributed by atoms with Crippen molar-refractivity contribution in [1.29, 1.82) is 0 Å². The largest absolute Gasteiger partial charge is 0.495 e. The Morgan fingerprint density at radius 2 is 1.84 bits per heavy atom. The van der Waals surface area contributed by atoms with Crippen LogP contribution in [0.25, 0.3) is 0 Å². The van der Waals surface area contributed by atoms with Gasteiger partial charge in [-0.25, -0.2) is 9.37 Å². The van der Waals surface area contributed by atoms with Crippen molar-refractivity contribution in [3.63, 3.8) is 0 Å². The van der Waals surface area contributed by atoms with Gasteiger partial charge in [-0.2, -0.15) is 0 Å². The summed E-state index contributed by atoms with van der Waals surface area (Å²) in [6.07, 6.45) is 0.940. The van der Waals surface area contributed by atoms with Gasteiger partial charge in [0.2, 0.25) is 0 Å². The number of carbonyl (C=O) groups is 1. The Balaban J connectivity index is 0.00000341. The molecule has 2 heterocycles. The molecule has 0 radical (unpaired) electrons. The average Bonchev–Trinajstić information content (AvgIpc) is 2.77. The number of nitrogens with one attached hydrogen (secondary N) is 1. The summed E-state index contributed by atoms with van der Waals surface area (Å²) in [6, 6.07) is 8.31. The molecule has 1 aromatic heterocycles. The van der Waals surface area contributed by atoms with E-state index in [1.165, 1.54) is 12.1 Å². The molecule has 0 bridgehead atoms. The molecule has 0 atom stereocenters. The van der Waals surface area contributed by atoms with Crippen LogP contribution in [0.15, 0.2) is 30.3 Å². The number of nitrogens with zero attached hydrogens (tertiary/aromatic N) is 4. The highest BCUT2D eigenvalue weighted by Gasteiger charge is 2.23. The van der Waals surface area contributed by atoms with Crippen molar-refractivity contribution in [2.45, 2.75) is 13.3 Å². The number of pyridine rings is 1. The quantitative estimate of drug-likeness (QED) is 0.695. The summed E-state index contributed by atoms with van der Waals surface area (Å²) in [5.41, 5.74) is 1.34. The molecule has 1 aromatic carbocycles. The zero-order valence-corrected chi connectivity index (χ0v) is 19.3. The highest BCUT2D eigenvalue weighted by atomic mass is 35.5. The lowest BCUT2D eigenvalue weighted by Gasteiger charge is -2.37. The molecular weight excluding hydrogens is 421 g/mol. The van der Waals surface area contributed by atoms with Gasteiger partial charge in [-0.05, 0) is 30.7 Å². The number of amides is 1. The SMILES string of the molecule is CCCNc1nc(N2CCN(c3cc(F)ccc3OC)CC2)ccc1C(=O)N(C)C.Cl. The normalized spacial score (nSPS) is 13.5. The number of rotatable bonds is 7. The van der Waals surface area contributed by atoms with Crippen molar-refractivity contribution in [3.05, 3.63) is 41.7 Å². The molecule has 0 saturated carbocycles. The molecule has 1 saturated heterocycles. The first-order chi connectivity index (χ1) is 14.4. The fourth-order valence-electron chi connectivity index (χ4n) is 3.50. The van der Waals surface area contributed by atoms with E-state index < -0.39 is 0 Å². The summed E-state index contributed by atoms with van der Waals surface area (Å²) in [6.45, 7) is 5.73. The number of piperazine rings is 1. The number of ether oxygens (including phenoxy) is 1. The number of methoxy groups -OCH3 is 1. The molecule has 1 amide bonds. The summed E-state index contributed by atoms with van der Waals surface area (Å²) < 4.78 is 19.1. The number of anilines is 3. The van der Waals surface area contributed by atoms with Crippen LogP contribution < -0.4 is 19.9 Å². The van der Waals surface area contributed by atoms with Crippen LogP contribution in [0.4, 0.5) is 21.7 Å². The predicted molar refractivity (Wildman–Crippen MR) is 126 cm³/mol. The maximum Gasteiger partial charge on any atom is 0.257 e. The van der Waals surface area contributed by atoms with Gasteiger partial charge in [-0.3, -0.25) is 4.79 Å². The first-order valence-corrected chi connectivity index (χ1v) is 10.2. The minimum atomic E-state index is -0.275. The number of hydrogen-bond acceptors (Lipinski definition) is 6. The minimum absolute atomic E-state index is 0. The van der Waals surface area contributed by atoms with Crippen LogP contribution in [0.2, 0.25) is 0 Å². The topological polar surface area (TPSA) is 60.9 Å². The van der Waals surface area contributed by atoms with E-state index in [9.17, 15) is 9.18 Å². The molecule has 7 nitrogen and oxygen atoms in total. The molecule has 2 aromatic rings. The van der Waals surface area contributed by atoms with Gasteiger partial charge in [0.05, 0.1) is 18.4 Å². The summed E-state index contributed by atoms with van der Waals surface area (Å²) in [7, 11) is 5.07. The maximum atomic E-state index is 13.7. The maximum absolute atomic E-state index is 13.7. The van der Waals surface area contributed by atoms with Crippen LogP contribution in [0.1, 0.15) is 23.7 Å². The molecule has 0 aliphatic carbocycles. The molecule has 0 unspecified atom stereocenters. The lowest BCUT2D eigenvalue weighted by molar-refractivity contribution is 0.0828. The molecule has 9 heteroatoms. The van der Waals surface area contributed by atoms with Crippen molar-refractivity contribution >= 4 is 35.6 Å². The third kappa shape index (κ3) is 5.70. The molecule has 1 fully saturated rings. The van der Waals surface area contributed by atoms with Crippen molar-refractivity contribution in [2.24, 2.45) is 0 Å². The first-order valence-electron chi connectivity index (χ1n) is 10.2. The van der Waals surface area contributed by atoms with E-state index in [2.05, 4.69) is 22.0 Å². The van der Waals surface area contributed by atoms with Crippen molar-refractivity contribution < 1.29 is 13.9 Å². The molecule has 1 N–H and O–H groups in total. The summed E-state index contributed by atoms with van der Waals surface area (Å²) in [5, 5.41) is 3.28. The highest BCUT2D eigenvalue weighted by molar-refractivity contribution is 5.98. The van der Waals surface area contributed by atoms with E-state index in [4.69, 9.17) is 9.72 Å². The van der Waals surface area contributed by atoms with E-state index in [1.54, 1.807) is 32.2 Å². The van der Waals surface area contributed by atoms with Gasteiger partial charge in [-0.15, -0.1) is 12.4 Å². The Kier molecular flexibility index (Phi) is 8.74. The smallest absolute Gasteiger partial charge is 0.257 e. The van der Waals surface area contributed by atoms with Gasteiger partial charge < -0.3 is 24.8 Å². The van der Waals surface area contributed by atoms with Crippen LogP contribution in [-0.4, -0.2) is 69.7 Å². The van der Waals surface area contributed by atoms with Gasteiger partial charge in [0.15, 0.2) is 0 Å². The molecule has 0 spiro atoms. The van der Waals surface area contributed by atoms with Crippen LogP contribution >= 0.6 is 12.4 Å². The van der Waals surface area contributed by atoms with Crippen LogP contribution in [0.5, 0.6) is 5.75 Å².